The van der Waals surface area contributed by atoms with Crippen LogP contribution in [0.3, 0.4) is 0 Å². The van der Waals surface area contributed by atoms with Crippen LogP contribution in [0, 0.1) is 0 Å². The fraction of sp³-hybridized carbons (Fsp3) is 0.417. The normalized spacial score (nSPS) is 19.3. The van der Waals surface area contributed by atoms with Gasteiger partial charge in [0.25, 0.3) is 5.91 Å². The highest BCUT2D eigenvalue weighted by Crippen LogP contribution is 2.21. The molecule has 98 valence electrons. The third-order valence-corrected chi connectivity index (χ3v) is 3.47. The summed E-state index contributed by atoms with van der Waals surface area (Å²) in [6, 6.07) is 5.88. The molecule has 18 heavy (non-hydrogen) atoms. The molecule has 2 rings (SSSR count). The Hall–Kier alpha value is -1.17. The van der Waals surface area contributed by atoms with E-state index in [-0.39, 0.29) is 11.7 Å². The van der Waals surface area contributed by atoms with E-state index in [2.05, 4.69) is 20.7 Å². The quantitative estimate of drug-likeness (QED) is 0.802. The average Bonchev–Trinajstić information content (AvgIpc) is 2.74. The van der Waals surface area contributed by atoms with Crippen LogP contribution >= 0.6 is 15.9 Å². The van der Waals surface area contributed by atoms with E-state index in [1.165, 1.54) is 18.2 Å². The lowest BCUT2D eigenvalue weighted by atomic mass is 10.2. The molecule has 1 atom stereocenters. The molecule has 0 bridgehead atoms. The topological polar surface area (TPSA) is 29.5 Å². The minimum absolute atomic E-state index is 0.00504. The van der Waals surface area contributed by atoms with Crippen LogP contribution in [0.25, 0.3) is 0 Å². The summed E-state index contributed by atoms with van der Waals surface area (Å²) in [5, 5.41) is 0. The molecule has 0 radical (unpaired) electrons. The van der Waals surface area contributed by atoms with Crippen LogP contribution in [-0.2, 0) is 0 Å². The highest BCUT2D eigenvalue weighted by molar-refractivity contribution is 9.09. The van der Waals surface area contributed by atoms with Crippen LogP contribution in [0.4, 0.5) is 8.78 Å². The van der Waals surface area contributed by atoms with Crippen molar-refractivity contribution in [2.75, 3.05) is 13.1 Å². The number of alkyl halides is 3. The molecule has 1 amide bonds. The number of benzene rings is 1. The third kappa shape index (κ3) is 3.19. The standard InChI is InChI=1S/C12H12BrF2NO2/c13-9-4-5-16(7-9)11(17)8-2-1-3-10(6-8)18-12(14)15/h1-3,6,9,12H,4-5,7H2. The average molecular weight is 320 g/mol. The molecular weight excluding hydrogens is 308 g/mol. The molecule has 0 N–H and O–H groups in total. The Balaban J connectivity index is 2.10. The van der Waals surface area contributed by atoms with Gasteiger partial charge < -0.3 is 9.64 Å². The maximum atomic E-state index is 12.1. The predicted octanol–water partition coefficient (Wildman–Crippen LogP) is 2.90. The van der Waals surface area contributed by atoms with Crippen LogP contribution in [0.2, 0.25) is 0 Å². The molecule has 3 nitrogen and oxygen atoms in total. The lowest BCUT2D eigenvalue weighted by Crippen LogP contribution is -2.28. The van der Waals surface area contributed by atoms with Crippen LogP contribution in [0.5, 0.6) is 5.75 Å². The summed E-state index contributed by atoms with van der Waals surface area (Å²) >= 11 is 3.45. The smallest absolute Gasteiger partial charge is 0.387 e. The van der Waals surface area contributed by atoms with Gasteiger partial charge in [-0.3, -0.25) is 4.79 Å². The molecule has 6 heteroatoms. The second kappa shape index (κ2) is 5.65. The van der Waals surface area contributed by atoms with E-state index >= 15 is 0 Å². The number of likely N-dealkylation sites (tertiary alicyclic amines) is 1. The van der Waals surface area contributed by atoms with E-state index in [1.807, 2.05) is 0 Å². The Morgan fingerprint density at radius 3 is 2.89 bits per heavy atom. The lowest BCUT2D eigenvalue weighted by Gasteiger charge is -2.16. The molecular formula is C12H12BrF2NO2. The maximum Gasteiger partial charge on any atom is 0.387 e. The fourth-order valence-corrected chi connectivity index (χ4v) is 2.44. The van der Waals surface area contributed by atoms with Crippen molar-refractivity contribution in [3.8, 4) is 5.75 Å². The highest BCUT2D eigenvalue weighted by atomic mass is 79.9. The summed E-state index contributed by atoms with van der Waals surface area (Å²) in [7, 11) is 0. The number of hydrogen-bond donors (Lipinski definition) is 0. The number of hydrogen-bond acceptors (Lipinski definition) is 2. The molecule has 1 unspecified atom stereocenters. The van der Waals surface area contributed by atoms with Crippen LogP contribution in [0.1, 0.15) is 16.8 Å². The molecule has 0 saturated carbocycles. The second-order valence-electron chi connectivity index (χ2n) is 4.04. The molecule has 1 heterocycles. The zero-order valence-corrected chi connectivity index (χ0v) is 11.1. The molecule has 1 saturated heterocycles. The number of rotatable bonds is 3. The number of halogens is 3. The molecule has 1 aromatic rings. The van der Waals surface area contributed by atoms with Gasteiger partial charge in [0.2, 0.25) is 0 Å². The van der Waals surface area contributed by atoms with Gasteiger partial charge in [-0.15, -0.1) is 0 Å². The van der Waals surface area contributed by atoms with Gasteiger partial charge in [0.15, 0.2) is 0 Å². The summed E-state index contributed by atoms with van der Waals surface area (Å²) in [6.45, 7) is -1.57. The van der Waals surface area contributed by atoms with Crippen molar-refractivity contribution in [1.29, 1.82) is 0 Å². The molecule has 0 aliphatic carbocycles. The Morgan fingerprint density at radius 2 is 2.28 bits per heavy atom. The predicted molar refractivity (Wildman–Crippen MR) is 66.3 cm³/mol. The van der Waals surface area contributed by atoms with E-state index in [0.29, 0.717) is 23.5 Å². The minimum Gasteiger partial charge on any atom is -0.435 e. The van der Waals surface area contributed by atoms with Crippen LogP contribution < -0.4 is 4.74 Å². The number of nitrogens with zero attached hydrogens (tertiary/aromatic N) is 1. The zero-order chi connectivity index (χ0) is 13.1. The van der Waals surface area contributed by atoms with E-state index in [9.17, 15) is 13.6 Å². The van der Waals surface area contributed by atoms with Gasteiger partial charge >= 0.3 is 6.61 Å². The van der Waals surface area contributed by atoms with Crippen molar-refractivity contribution >= 4 is 21.8 Å². The number of ether oxygens (including phenoxy) is 1. The summed E-state index contributed by atoms with van der Waals surface area (Å²) in [5.41, 5.74) is 0.370. The van der Waals surface area contributed by atoms with E-state index in [1.54, 1.807) is 11.0 Å². The largest absolute Gasteiger partial charge is 0.435 e. The van der Waals surface area contributed by atoms with Gasteiger partial charge in [-0.25, -0.2) is 0 Å². The number of amides is 1. The fourth-order valence-electron chi connectivity index (χ4n) is 1.89. The van der Waals surface area contributed by atoms with Crippen molar-refractivity contribution in [2.24, 2.45) is 0 Å². The number of carbonyl (C=O) groups is 1. The molecule has 0 spiro atoms. The summed E-state index contributed by atoms with van der Waals surface area (Å²) in [5.74, 6) is -0.151. The van der Waals surface area contributed by atoms with Crippen molar-refractivity contribution in [3.05, 3.63) is 29.8 Å². The SMILES string of the molecule is O=C(c1cccc(OC(F)F)c1)N1CCC(Br)C1. The van der Waals surface area contributed by atoms with Gasteiger partial charge in [-0.1, -0.05) is 22.0 Å². The first-order chi connectivity index (χ1) is 8.56. The van der Waals surface area contributed by atoms with Crippen molar-refractivity contribution in [2.45, 2.75) is 17.9 Å². The Bertz CT molecular complexity index is 442. The van der Waals surface area contributed by atoms with Gasteiger partial charge in [0.1, 0.15) is 5.75 Å². The molecule has 1 aliphatic heterocycles. The van der Waals surface area contributed by atoms with Gasteiger partial charge in [0.05, 0.1) is 0 Å². The summed E-state index contributed by atoms with van der Waals surface area (Å²) in [4.78, 5) is 14.1. The van der Waals surface area contributed by atoms with E-state index in [4.69, 9.17) is 0 Å². The van der Waals surface area contributed by atoms with Crippen molar-refractivity contribution < 1.29 is 18.3 Å². The van der Waals surface area contributed by atoms with Crippen molar-refractivity contribution in [1.82, 2.24) is 4.90 Å². The van der Waals surface area contributed by atoms with Gasteiger partial charge in [0, 0.05) is 23.5 Å². The van der Waals surface area contributed by atoms with E-state index in [0.717, 1.165) is 6.42 Å². The highest BCUT2D eigenvalue weighted by Gasteiger charge is 2.25. The van der Waals surface area contributed by atoms with Crippen molar-refractivity contribution in [3.63, 3.8) is 0 Å². The van der Waals surface area contributed by atoms with Crippen LogP contribution in [-0.4, -0.2) is 35.3 Å². The van der Waals surface area contributed by atoms with Gasteiger partial charge in [-0.2, -0.15) is 8.78 Å². The lowest BCUT2D eigenvalue weighted by molar-refractivity contribution is -0.0499. The molecule has 1 aliphatic rings. The zero-order valence-electron chi connectivity index (χ0n) is 9.48. The second-order valence-corrected chi connectivity index (χ2v) is 5.34. The first-order valence-electron chi connectivity index (χ1n) is 5.54. The number of carbonyl (C=O) groups excluding carboxylic acids is 1. The van der Waals surface area contributed by atoms with Crippen LogP contribution in [0.15, 0.2) is 24.3 Å². The molecule has 1 fully saturated rings. The molecule has 0 aromatic heterocycles. The minimum atomic E-state index is -2.88. The Labute approximate surface area is 112 Å². The Kier molecular flexibility index (Phi) is 4.16. The summed E-state index contributed by atoms with van der Waals surface area (Å²) < 4.78 is 28.4. The maximum absolute atomic E-state index is 12.1. The third-order valence-electron chi connectivity index (χ3n) is 2.72. The van der Waals surface area contributed by atoms with Gasteiger partial charge in [-0.05, 0) is 24.6 Å². The first-order valence-corrected chi connectivity index (χ1v) is 6.46. The van der Waals surface area contributed by atoms with E-state index < -0.39 is 6.61 Å². The Morgan fingerprint density at radius 1 is 1.50 bits per heavy atom. The summed E-state index contributed by atoms with van der Waals surface area (Å²) in [6.07, 6.45) is 0.902. The molecule has 1 aromatic carbocycles. The monoisotopic (exact) mass is 319 g/mol. The first kappa shape index (κ1) is 13.3.